The van der Waals surface area contributed by atoms with Crippen molar-refractivity contribution in [2.75, 3.05) is 10.8 Å². The Hall–Kier alpha value is -2.83. The minimum atomic E-state index is -4.00. The Labute approximate surface area is 201 Å². The van der Waals surface area contributed by atoms with Gasteiger partial charge in [0.2, 0.25) is 5.91 Å². The number of sulfonamides is 1. The van der Waals surface area contributed by atoms with Crippen LogP contribution in [0.5, 0.6) is 0 Å². The van der Waals surface area contributed by atoms with Gasteiger partial charge in [0, 0.05) is 5.02 Å². The van der Waals surface area contributed by atoms with Crippen molar-refractivity contribution in [2.45, 2.75) is 45.6 Å². The number of halogens is 1. The fraction of sp³-hybridized carbons (Fsp3) is 0.269. The molecule has 0 bridgehead atoms. The van der Waals surface area contributed by atoms with Gasteiger partial charge in [-0.25, -0.2) is 8.42 Å². The lowest BCUT2D eigenvalue weighted by atomic mass is 10.00. The maximum Gasteiger partial charge on any atom is 0.264 e. The average Bonchev–Trinajstić information content (AvgIpc) is 2.76. The van der Waals surface area contributed by atoms with E-state index in [2.05, 4.69) is 5.32 Å². The summed E-state index contributed by atoms with van der Waals surface area (Å²) in [6, 6.07) is 17.3. The maximum atomic E-state index is 13.5. The third-order valence-electron chi connectivity index (χ3n) is 5.62. The van der Waals surface area contributed by atoms with Gasteiger partial charge in [0.15, 0.2) is 0 Å². The largest absolute Gasteiger partial charge is 0.348 e. The number of anilines is 1. The second kappa shape index (κ2) is 9.98. The van der Waals surface area contributed by atoms with Gasteiger partial charge in [0.05, 0.1) is 16.6 Å². The molecule has 0 aliphatic rings. The van der Waals surface area contributed by atoms with Crippen molar-refractivity contribution in [1.82, 2.24) is 5.32 Å². The summed E-state index contributed by atoms with van der Waals surface area (Å²) in [6.07, 6.45) is 0. The number of hydrogen-bond donors (Lipinski definition) is 1. The maximum absolute atomic E-state index is 13.5. The van der Waals surface area contributed by atoms with Crippen LogP contribution in [0.4, 0.5) is 5.69 Å². The summed E-state index contributed by atoms with van der Waals surface area (Å²) >= 11 is 6.29. The molecule has 0 aromatic heterocycles. The van der Waals surface area contributed by atoms with E-state index in [0.717, 1.165) is 32.1 Å². The molecule has 0 heterocycles. The van der Waals surface area contributed by atoms with Crippen LogP contribution < -0.4 is 9.62 Å². The van der Waals surface area contributed by atoms with Crippen molar-refractivity contribution in [3.8, 4) is 0 Å². The molecule has 0 radical (unpaired) electrons. The second-order valence-electron chi connectivity index (χ2n) is 8.41. The van der Waals surface area contributed by atoms with E-state index < -0.39 is 15.9 Å². The van der Waals surface area contributed by atoms with Crippen molar-refractivity contribution in [3.63, 3.8) is 0 Å². The van der Waals surface area contributed by atoms with E-state index >= 15 is 0 Å². The van der Waals surface area contributed by atoms with E-state index in [4.69, 9.17) is 11.6 Å². The van der Waals surface area contributed by atoms with Gasteiger partial charge in [-0.3, -0.25) is 9.10 Å². The van der Waals surface area contributed by atoms with Crippen LogP contribution in [0, 0.1) is 27.7 Å². The molecule has 33 heavy (non-hydrogen) atoms. The number of aryl methyl sites for hydroxylation is 4. The van der Waals surface area contributed by atoms with Crippen LogP contribution >= 0.6 is 11.6 Å². The molecule has 0 aliphatic carbocycles. The average molecular weight is 485 g/mol. The number of nitrogens with zero attached hydrogens (tertiary/aromatic N) is 1. The number of hydrogen-bond acceptors (Lipinski definition) is 3. The number of amides is 1. The number of nitrogens with one attached hydrogen (secondary N) is 1. The normalized spacial score (nSPS) is 12.3. The van der Waals surface area contributed by atoms with Gasteiger partial charge in [-0.2, -0.15) is 0 Å². The molecular formula is C26H29ClN2O3S. The molecule has 1 amide bonds. The topological polar surface area (TPSA) is 66.5 Å². The monoisotopic (exact) mass is 484 g/mol. The zero-order valence-electron chi connectivity index (χ0n) is 19.5. The summed E-state index contributed by atoms with van der Waals surface area (Å²) in [5.74, 6) is -0.407. The fourth-order valence-corrected chi connectivity index (χ4v) is 5.20. The van der Waals surface area contributed by atoms with Crippen molar-refractivity contribution >= 4 is 33.2 Å². The van der Waals surface area contributed by atoms with Crippen LogP contribution in [0.2, 0.25) is 5.02 Å². The summed E-state index contributed by atoms with van der Waals surface area (Å²) in [5, 5.41) is 3.38. The molecule has 0 spiro atoms. The summed E-state index contributed by atoms with van der Waals surface area (Å²) in [4.78, 5) is 13.2. The lowest BCUT2D eigenvalue weighted by Crippen LogP contribution is -2.41. The van der Waals surface area contributed by atoms with Gasteiger partial charge in [-0.1, -0.05) is 59.1 Å². The number of carbonyl (C=O) groups is 1. The first-order valence-corrected chi connectivity index (χ1v) is 12.5. The summed E-state index contributed by atoms with van der Waals surface area (Å²) < 4.78 is 28.2. The molecule has 0 saturated heterocycles. The molecule has 5 nitrogen and oxygen atoms in total. The standard InChI is InChI=1S/C26H29ClN2O3S/c1-17-7-12-23(13-8-17)33(31,32)29(22-11-10-20(4)25(27)15-22)16-26(30)28-21(5)24-14-18(2)6-9-19(24)3/h6-15,21H,16H2,1-5H3,(H,28,30). The van der Waals surface area contributed by atoms with Crippen LogP contribution in [-0.4, -0.2) is 20.9 Å². The highest BCUT2D eigenvalue weighted by Crippen LogP contribution is 2.28. The Bertz CT molecular complexity index is 1270. The summed E-state index contributed by atoms with van der Waals surface area (Å²) in [7, 11) is -4.00. The third kappa shape index (κ3) is 5.75. The van der Waals surface area contributed by atoms with Crippen molar-refractivity contribution < 1.29 is 13.2 Å². The van der Waals surface area contributed by atoms with Gasteiger partial charge >= 0.3 is 0 Å². The smallest absolute Gasteiger partial charge is 0.264 e. The molecule has 3 rings (SSSR count). The molecule has 7 heteroatoms. The summed E-state index contributed by atoms with van der Waals surface area (Å²) in [5.41, 5.74) is 5.24. The van der Waals surface area contributed by atoms with Gasteiger partial charge < -0.3 is 5.32 Å². The molecule has 174 valence electrons. The Morgan fingerprint density at radius 3 is 2.15 bits per heavy atom. The van der Waals surface area contributed by atoms with Crippen LogP contribution in [-0.2, 0) is 14.8 Å². The van der Waals surface area contributed by atoms with E-state index in [0.29, 0.717) is 10.7 Å². The van der Waals surface area contributed by atoms with Crippen LogP contribution in [0.15, 0.2) is 65.6 Å². The molecule has 1 atom stereocenters. The molecule has 3 aromatic rings. The Morgan fingerprint density at radius 2 is 1.52 bits per heavy atom. The third-order valence-corrected chi connectivity index (χ3v) is 7.81. The molecule has 0 fully saturated rings. The first kappa shape index (κ1) is 24.8. The quantitative estimate of drug-likeness (QED) is 0.471. The second-order valence-corrected chi connectivity index (χ2v) is 10.7. The SMILES string of the molecule is Cc1ccc(S(=O)(=O)N(CC(=O)NC(C)c2cc(C)ccc2C)c2ccc(C)c(Cl)c2)cc1. The van der Waals surface area contributed by atoms with Crippen LogP contribution in [0.1, 0.15) is 40.8 Å². The number of rotatable bonds is 7. The molecule has 1 N–H and O–H groups in total. The first-order chi connectivity index (χ1) is 15.5. The molecule has 0 aliphatic heterocycles. The molecular weight excluding hydrogens is 456 g/mol. The fourth-order valence-electron chi connectivity index (χ4n) is 3.61. The minimum Gasteiger partial charge on any atom is -0.348 e. The van der Waals surface area contributed by atoms with Gasteiger partial charge in [-0.15, -0.1) is 0 Å². The molecule has 0 saturated carbocycles. The van der Waals surface area contributed by atoms with Crippen molar-refractivity contribution in [2.24, 2.45) is 0 Å². The molecule has 1 unspecified atom stereocenters. The van der Waals surface area contributed by atoms with E-state index in [1.54, 1.807) is 42.5 Å². The van der Waals surface area contributed by atoms with Gasteiger partial charge in [0.1, 0.15) is 6.54 Å². The van der Waals surface area contributed by atoms with E-state index in [-0.39, 0.29) is 17.5 Å². The number of benzene rings is 3. The highest BCUT2D eigenvalue weighted by molar-refractivity contribution is 7.92. The lowest BCUT2D eigenvalue weighted by Gasteiger charge is -2.26. The zero-order chi connectivity index (χ0) is 24.3. The van der Waals surface area contributed by atoms with Crippen LogP contribution in [0.3, 0.4) is 0 Å². The van der Waals surface area contributed by atoms with Crippen molar-refractivity contribution in [3.05, 3.63) is 93.5 Å². The predicted molar refractivity (Wildman–Crippen MR) is 134 cm³/mol. The zero-order valence-corrected chi connectivity index (χ0v) is 21.1. The van der Waals surface area contributed by atoms with Gasteiger partial charge in [0.25, 0.3) is 10.0 Å². The Balaban J connectivity index is 1.94. The van der Waals surface area contributed by atoms with E-state index in [9.17, 15) is 13.2 Å². The highest BCUT2D eigenvalue weighted by Gasteiger charge is 2.28. The first-order valence-electron chi connectivity index (χ1n) is 10.7. The van der Waals surface area contributed by atoms with E-state index in [1.807, 2.05) is 52.8 Å². The minimum absolute atomic E-state index is 0.111. The van der Waals surface area contributed by atoms with Gasteiger partial charge in [-0.05, 0) is 75.6 Å². The van der Waals surface area contributed by atoms with E-state index in [1.165, 1.54) is 0 Å². The lowest BCUT2D eigenvalue weighted by molar-refractivity contribution is -0.120. The summed E-state index contributed by atoms with van der Waals surface area (Å²) in [6.45, 7) is 9.22. The van der Waals surface area contributed by atoms with Crippen LogP contribution in [0.25, 0.3) is 0 Å². The Kier molecular flexibility index (Phi) is 7.50. The predicted octanol–water partition coefficient (Wildman–Crippen LogP) is 5.65. The van der Waals surface area contributed by atoms with Crippen molar-refractivity contribution in [1.29, 1.82) is 0 Å². The Morgan fingerprint density at radius 1 is 0.909 bits per heavy atom. The molecule has 3 aromatic carbocycles. The highest BCUT2D eigenvalue weighted by atomic mass is 35.5. The number of carbonyl (C=O) groups excluding carboxylic acids is 1.